The topological polar surface area (TPSA) is 20.3 Å². The average Bonchev–Trinajstić information content (AvgIpc) is 2.73. The van der Waals surface area contributed by atoms with Gasteiger partial charge in [0.15, 0.2) is 0 Å². The zero-order chi connectivity index (χ0) is 15.9. The maximum absolute atomic E-state index is 12.6. The highest BCUT2D eigenvalue weighted by Crippen LogP contribution is 2.33. The number of amides is 1. The molecule has 0 fully saturated rings. The summed E-state index contributed by atoms with van der Waals surface area (Å²) in [5.41, 5.74) is 1.99. The standard InChI is InChI=1S/C17H12F3NO/c1-21-15(13-4-2-3-5-14(13)16(21)22)10-11-6-8-12(9-7-11)17(18,19)20/h2-10H,1H3/b15-10-. The van der Waals surface area contributed by atoms with Crippen LogP contribution in [0.5, 0.6) is 0 Å². The zero-order valence-corrected chi connectivity index (χ0v) is 11.7. The number of benzene rings is 2. The van der Waals surface area contributed by atoms with Crippen LogP contribution in [0.1, 0.15) is 27.0 Å². The van der Waals surface area contributed by atoms with Gasteiger partial charge in [-0.25, -0.2) is 0 Å². The van der Waals surface area contributed by atoms with Gasteiger partial charge < -0.3 is 4.90 Å². The number of fused-ring (bicyclic) bond motifs is 1. The van der Waals surface area contributed by atoms with Gasteiger partial charge in [-0.05, 0) is 29.8 Å². The Morgan fingerprint density at radius 3 is 2.14 bits per heavy atom. The van der Waals surface area contributed by atoms with Gasteiger partial charge in [0.1, 0.15) is 0 Å². The molecule has 0 spiro atoms. The minimum absolute atomic E-state index is 0.117. The van der Waals surface area contributed by atoms with Crippen molar-refractivity contribution in [1.82, 2.24) is 4.90 Å². The lowest BCUT2D eigenvalue weighted by atomic mass is 10.1. The highest BCUT2D eigenvalue weighted by molar-refractivity contribution is 6.11. The number of rotatable bonds is 1. The van der Waals surface area contributed by atoms with Crippen molar-refractivity contribution >= 4 is 17.7 Å². The van der Waals surface area contributed by atoms with Gasteiger partial charge >= 0.3 is 6.18 Å². The first kappa shape index (κ1) is 14.4. The van der Waals surface area contributed by atoms with Crippen molar-refractivity contribution < 1.29 is 18.0 Å². The van der Waals surface area contributed by atoms with Crippen molar-refractivity contribution in [2.24, 2.45) is 0 Å². The summed E-state index contributed by atoms with van der Waals surface area (Å²) in [6.07, 6.45) is -2.64. The maximum atomic E-state index is 12.6. The second-order valence-electron chi connectivity index (χ2n) is 5.06. The molecule has 0 atom stereocenters. The van der Waals surface area contributed by atoms with Crippen LogP contribution in [-0.4, -0.2) is 17.9 Å². The van der Waals surface area contributed by atoms with Crippen LogP contribution in [0.25, 0.3) is 11.8 Å². The number of carbonyl (C=O) groups excluding carboxylic acids is 1. The van der Waals surface area contributed by atoms with E-state index in [-0.39, 0.29) is 5.91 Å². The molecule has 1 amide bonds. The van der Waals surface area contributed by atoms with Gasteiger partial charge in [-0.3, -0.25) is 4.79 Å². The highest BCUT2D eigenvalue weighted by atomic mass is 19.4. The normalized spacial score (nSPS) is 16.3. The largest absolute Gasteiger partial charge is 0.416 e. The van der Waals surface area contributed by atoms with Crippen LogP contribution in [0.15, 0.2) is 48.5 Å². The van der Waals surface area contributed by atoms with E-state index >= 15 is 0 Å². The Morgan fingerprint density at radius 1 is 0.955 bits per heavy atom. The van der Waals surface area contributed by atoms with Gasteiger partial charge in [0.2, 0.25) is 0 Å². The average molecular weight is 303 g/mol. The number of hydrogen-bond acceptors (Lipinski definition) is 1. The Hall–Kier alpha value is -2.56. The summed E-state index contributed by atoms with van der Waals surface area (Å²) < 4.78 is 37.7. The first-order chi connectivity index (χ1) is 10.4. The molecule has 0 bridgehead atoms. The fourth-order valence-corrected chi connectivity index (χ4v) is 2.46. The molecule has 0 aromatic heterocycles. The van der Waals surface area contributed by atoms with Crippen LogP contribution in [0, 0.1) is 0 Å². The summed E-state index contributed by atoms with van der Waals surface area (Å²) in [5.74, 6) is -0.117. The van der Waals surface area contributed by atoms with Crippen molar-refractivity contribution in [3.05, 3.63) is 70.8 Å². The van der Waals surface area contributed by atoms with Gasteiger partial charge in [0.05, 0.1) is 11.3 Å². The molecule has 2 aromatic carbocycles. The third kappa shape index (κ3) is 2.39. The first-order valence-electron chi connectivity index (χ1n) is 6.64. The van der Waals surface area contributed by atoms with Crippen molar-refractivity contribution in [3.63, 3.8) is 0 Å². The molecule has 0 unspecified atom stereocenters. The molecule has 2 nitrogen and oxygen atoms in total. The Labute approximate surface area is 125 Å². The van der Waals surface area contributed by atoms with E-state index in [1.54, 1.807) is 25.3 Å². The monoisotopic (exact) mass is 303 g/mol. The lowest BCUT2D eigenvalue weighted by Gasteiger charge is -2.12. The molecule has 1 aliphatic heterocycles. The fourth-order valence-electron chi connectivity index (χ4n) is 2.46. The van der Waals surface area contributed by atoms with E-state index in [0.29, 0.717) is 16.8 Å². The van der Waals surface area contributed by atoms with E-state index in [1.165, 1.54) is 17.0 Å². The smallest absolute Gasteiger partial charge is 0.311 e. The molecule has 2 aromatic rings. The molecule has 0 saturated heterocycles. The van der Waals surface area contributed by atoms with Crippen LogP contribution >= 0.6 is 0 Å². The number of alkyl halides is 3. The van der Waals surface area contributed by atoms with E-state index in [1.807, 2.05) is 12.1 Å². The fraction of sp³-hybridized carbons (Fsp3) is 0.118. The van der Waals surface area contributed by atoms with E-state index in [2.05, 4.69) is 0 Å². The molecule has 112 valence electrons. The van der Waals surface area contributed by atoms with Crippen LogP contribution in [0.3, 0.4) is 0 Å². The van der Waals surface area contributed by atoms with E-state index in [4.69, 9.17) is 0 Å². The molecule has 0 saturated carbocycles. The summed E-state index contributed by atoms with van der Waals surface area (Å²) in [7, 11) is 1.65. The predicted molar refractivity (Wildman–Crippen MR) is 77.9 cm³/mol. The number of nitrogens with zero attached hydrogens (tertiary/aromatic N) is 1. The lowest BCUT2D eigenvalue weighted by Crippen LogP contribution is -2.16. The van der Waals surface area contributed by atoms with Gasteiger partial charge in [0, 0.05) is 18.2 Å². The zero-order valence-electron chi connectivity index (χ0n) is 11.7. The molecule has 5 heteroatoms. The molecule has 3 rings (SSSR count). The van der Waals surface area contributed by atoms with Crippen molar-refractivity contribution in [1.29, 1.82) is 0 Å². The Bertz CT molecular complexity index is 760. The molecule has 1 heterocycles. The number of halogens is 3. The first-order valence-corrected chi connectivity index (χ1v) is 6.64. The van der Waals surface area contributed by atoms with Gasteiger partial charge in [-0.15, -0.1) is 0 Å². The van der Waals surface area contributed by atoms with Gasteiger partial charge in [-0.1, -0.05) is 30.3 Å². The Balaban J connectivity index is 2.01. The summed E-state index contributed by atoms with van der Waals surface area (Å²) in [4.78, 5) is 13.6. The third-order valence-corrected chi connectivity index (χ3v) is 3.64. The number of hydrogen-bond donors (Lipinski definition) is 0. The van der Waals surface area contributed by atoms with Crippen LogP contribution in [0.4, 0.5) is 13.2 Å². The van der Waals surface area contributed by atoms with E-state index in [9.17, 15) is 18.0 Å². The predicted octanol–water partition coefficient (Wildman–Crippen LogP) is 4.29. The molecule has 0 N–H and O–H groups in total. The maximum Gasteiger partial charge on any atom is 0.416 e. The molecule has 1 aliphatic rings. The van der Waals surface area contributed by atoms with Crippen LogP contribution in [0.2, 0.25) is 0 Å². The summed E-state index contributed by atoms with van der Waals surface area (Å²) in [5, 5.41) is 0. The highest BCUT2D eigenvalue weighted by Gasteiger charge is 2.30. The van der Waals surface area contributed by atoms with Gasteiger partial charge in [-0.2, -0.15) is 13.2 Å². The quantitative estimate of drug-likeness (QED) is 0.769. The molecular weight excluding hydrogens is 291 g/mol. The molecular formula is C17H12F3NO. The van der Waals surface area contributed by atoms with Crippen molar-refractivity contribution in [3.8, 4) is 0 Å². The van der Waals surface area contributed by atoms with Crippen LogP contribution in [-0.2, 0) is 6.18 Å². The summed E-state index contributed by atoms with van der Waals surface area (Å²) in [6, 6.07) is 12.0. The minimum atomic E-state index is -4.35. The summed E-state index contributed by atoms with van der Waals surface area (Å²) in [6.45, 7) is 0. The summed E-state index contributed by atoms with van der Waals surface area (Å²) >= 11 is 0. The third-order valence-electron chi connectivity index (χ3n) is 3.64. The molecule has 0 aliphatic carbocycles. The second kappa shape index (κ2) is 5.02. The van der Waals surface area contributed by atoms with Gasteiger partial charge in [0.25, 0.3) is 5.91 Å². The Morgan fingerprint density at radius 2 is 1.55 bits per heavy atom. The van der Waals surface area contributed by atoms with Crippen molar-refractivity contribution in [2.45, 2.75) is 6.18 Å². The van der Waals surface area contributed by atoms with E-state index < -0.39 is 11.7 Å². The Kier molecular flexibility index (Phi) is 3.28. The van der Waals surface area contributed by atoms with E-state index in [0.717, 1.165) is 17.7 Å². The number of carbonyl (C=O) groups is 1. The minimum Gasteiger partial charge on any atom is -0.311 e. The van der Waals surface area contributed by atoms with Crippen LogP contribution < -0.4 is 0 Å². The molecule has 22 heavy (non-hydrogen) atoms. The molecule has 0 radical (unpaired) electrons. The second-order valence-corrected chi connectivity index (χ2v) is 5.06. The lowest BCUT2D eigenvalue weighted by molar-refractivity contribution is -0.137. The SMILES string of the molecule is CN1C(=O)c2ccccc2/C1=C/c1ccc(C(F)(F)F)cc1. The van der Waals surface area contributed by atoms with Crippen molar-refractivity contribution in [2.75, 3.05) is 7.05 Å².